The number of fused-ring (bicyclic) bond motifs is 4. The van der Waals surface area contributed by atoms with Gasteiger partial charge in [-0.05, 0) is 56.9 Å². The van der Waals surface area contributed by atoms with E-state index in [1.165, 1.54) is 19.0 Å². The molecule has 0 atom stereocenters. The lowest BCUT2D eigenvalue weighted by Crippen LogP contribution is -2.49. The third-order valence-corrected chi connectivity index (χ3v) is 7.45. The highest BCUT2D eigenvalue weighted by atomic mass is 16.5. The Morgan fingerprint density at radius 3 is 2.69 bits per heavy atom. The molecule has 9 nitrogen and oxygen atoms in total. The number of hydrogen-bond donors (Lipinski definition) is 5. The molecule has 0 aromatic carbocycles. The number of aliphatic hydroxyl groups is 2. The molecular formula is C23H27N5O4. The predicted molar refractivity (Wildman–Crippen MR) is 118 cm³/mol. The molecule has 1 amide bonds. The van der Waals surface area contributed by atoms with E-state index in [2.05, 4.69) is 20.9 Å². The molecular weight excluding hydrogens is 410 g/mol. The summed E-state index contributed by atoms with van der Waals surface area (Å²) in [4.78, 5) is 31.0. The molecule has 2 fully saturated rings. The summed E-state index contributed by atoms with van der Waals surface area (Å²) in [6.07, 6.45) is 8.09. The van der Waals surface area contributed by atoms with Gasteiger partial charge in [0.25, 0.3) is 11.5 Å². The zero-order chi connectivity index (χ0) is 22.3. The van der Waals surface area contributed by atoms with Gasteiger partial charge in [-0.2, -0.15) is 0 Å². The summed E-state index contributed by atoms with van der Waals surface area (Å²) in [7, 11) is 0. The van der Waals surface area contributed by atoms with Crippen LogP contribution in [0.15, 0.2) is 17.1 Å². The molecule has 168 valence electrons. The number of carbonyl (C=O) groups excluding carboxylic acids is 1. The molecule has 1 spiro atoms. The molecule has 2 aliphatic carbocycles. The smallest absolute Gasteiger partial charge is 0.277 e. The maximum atomic E-state index is 13.7. The Labute approximate surface area is 184 Å². The Morgan fingerprint density at radius 1 is 1.22 bits per heavy atom. The SMILES string of the molecule is Cc1c2c(c(=O)n3c1C(=O)NC31CCCCC1)Nc1cc(NCC3CC3)ncc1C2(O)O. The highest BCUT2D eigenvalue weighted by Crippen LogP contribution is 2.46. The second-order valence-electron chi connectivity index (χ2n) is 9.65. The standard InChI is InChI=1S/C23H27N5O4/c1-12-17-18(21(30)28-19(12)20(29)27-22(28)7-3-2-4-8-22)26-15-9-16(24-10-13-5-6-13)25-11-14(15)23(17,31)32/h9,11,13,26,31-32H,2-8,10H2,1H3,(H,24,25)(H,27,29). The topological polar surface area (TPSA) is 129 Å². The van der Waals surface area contributed by atoms with Crippen LogP contribution in [-0.4, -0.2) is 32.2 Å². The lowest BCUT2D eigenvalue weighted by Gasteiger charge is -2.38. The maximum absolute atomic E-state index is 13.7. The van der Waals surface area contributed by atoms with Crippen molar-refractivity contribution in [2.24, 2.45) is 5.92 Å². The van der Waals surface area contributed by atoms with Crippen molar-refractivity contribution >= 4 is 23.1 Å². The van der Waals surface area contributed by atoms with Crippen molar-refractivity contribution in [2.75, 3.05) is 17.2 Å². The number of carbonyl (C=O) groups is 1. The third-order valence-electron chi connectivity index (χ3n) is 7.45. The number of nitrogens with zero attached hydrogens (tertiary/aromatic N) is 2. The molecule has 32 heavy (non-hydrogen) atoms. The van der Waals surface area contributed by atoms with Crippen LogP contribution in [0.25, 0.3) is 0 Å². The first kappa shape index (κ1) is 19.8. The summed E-state index contributed by atoms with van der Waals surface area (Å²) in [5.41, 5.74) is 0.134. The highest BCUT2D eigenvalue weighted by molar-refractivity contribution is 5.98. The van der Waals surface area contributed by atoms with Crippen LogP contribution in [0.1, 0.15) is 72.1 Å². The van der Waals surface area contributed by atoms with Gasteiger partial charge in [-0.3, -0.25) is 14.2 Å². The zero-order valence-electron chi connectivity index (χ0n) is 18.0. The van der Waals surface area contributed by atoms with Crippen molar-refractivity contribution in [1.29, 1.82) is 0 Å². The molecule has 6 rings (SSSR count). The Kier molecular flexibility index (Phi) is 4.04. The number of pyridine rings is 2. The first-order valence-electron chi connectivity index (χ1n) is 11.4. The van der Waals surface area contributed by atoms with Gasteiger partial charge in [-0.25, -0.2) is 4.98 Å². The van der Waals surface area contributed by atoms with Crippen LogP contribution in [-0.2, 0) is 11.4 Å². The van der Waals surface area contributed by atoms with Crippen molar-refractivity contribution in [1.82, 2.24) is 14.9 Å². The quantitative estimate of drug-likeness (QED) is 0.465. The van der Waals surface area contributed by atoms with Gasteiger partial charge in [0.05, 0.1) is 11.3 Å². The van der Waals surface area contributed by atoms with E-state index in [-0.39, 0.29) is 28.4 Å². The van der Waals surface area contributed by atoms with E-state index >= 15 is 0 Å². The minimum atomic E-state index is -2.45. The molecule has 5 N–H and O–H groups in total. The maximum Gasteiger partial charge on any atom is 0.277 e. The van der Waals surface area contributed by atoms with E-state index in [0.29, 0.717) is 35.8 Å². The molecule has 9 heteroatoms. The molecule has 0 bridgehead atoms. The van der Waals surface area contributed by atoms with Crippen LogP contribution in [0.5, 0.6) is 0 Å². The third kappa shape index (κ3) is 2.67. The summed E-state index contributed by atoms with van der Waals surface area (Å²) in [5.74, 6) is -1.52. The van der Waals surface area contributed by atoms with Crippen LogP contribution in [0.3, 0.4) is 0 Å². The lowest BCUT2D eigenvalue weighted by atomic mass is 9.87. The van der Waals surface area contributed by atoms with Gasteiger partial charge in [0, 0.05) is 24.4 Å². The van der Waals surface area contributed by atoms with Crippen LogP contribution in [0.2, 0.25) is 0 Å². The monoisotopic (exact) mass is 437 g/mol. The summed E-state index contributed by atoms with van der Waals surface area (Å²) < 4.78 is 1.56. The predicted octanol–water partition coefficient (Wildman–Crippen LogP) is 1.98. The fourth-order valence-corrected chi connectivity index (χ4v) is 5.61. The van der Waals surface area contributed by atoms with Crippen LogP contribution in [0.4, 0.5) is 17.2 Å². The number of rotatable bonds is 3. The van der Waals surface area contributed by atoms with Crippen LogP contribution < -0.4 is 21.5 Å². The molecule has 2 aromatic heterocycles. The zero-order valence-corrected chi connectivity index (χ0v) is 18.0. The fraction of sp³-hybridized carbons (Fsp3) is 0.522. The van der Waals surface area contributed by atoms with E-state index < -0.39 is 17.0 Å². The van der Waals surface area contributed by atoms with E-state index in [1.54, 1.807) is 17.6 Å². The molecule has 2 saturated carbocycles. The number of hydrogen-bond acceptors (Lipinski definition) is 7. The normalized spacial score (nSPS) is 21.9. The average Bonchev–Trinajstić information content (AvgIpc) is 3.54. The minimum absolute atomic E-state index is 0.0183. The van der Waals surface area contributed by atoms with Gasteiger partial charge in [0.1, 0.15) is 22.9 Å². The summed E-state index contributed by atoms with van der Waals surface area (Å²) in [6.45, 7) is 2.48. The van der Waals surface area contributed by atoms with Crippen LogP contribution >= 0.6 is 0 Å². The van der Waals surface area contributed by atoms with Crippen molar-refractivity contribution in [3.63, 3.8) is 0 Å². The van der Waals surface area contributed by atoms with E-state index in [9.17, 15) is 19.8 Å². The Balaban J connectivity index is 1.51. The molecule has 2 aliphatic heterocycles. The van der Waals surface area contributed by atoms with E-state index in [4.69, 9.17) is 0 Å². The highest BCUT2D eigenvalue weighted by Gasteiger charge is 2.50. The second-order valence-corrected chi connectivity index (χ2v) is 9.65. The number of anilines is 3. The molecule has 0 radical (unpaired) electrons. The van der Waals surface area contributed by atoms with Gasteiger partial charge in [0.2, 0.25) is 5.79 Å². The van der Waals surface area contributed by atoms with Crippen molar-refractivity contribution in [3.8, 4) is 0 Å². The number of nitrogens with one attached hydrogen (secondary N) is 3. The van der Waals surface area contributed by atoms with Crippen LogP contribution in [0, 0.1) is 12.8 Å². The Hall–Kier alpha value is -2.91. The Bertz CT molecular complexity index is 1210. The van der Waals surface area contributed by atoms with Gasteiger partial charge in [-0.15, -0.1) is 0 Å². The largest absolute Gasteiger partial charge is 0.370 e. The van der Waals surface area contributed by atoms with Crippen molar-refractivity contribution in [3.05, 3.63) is 45.0 Å². The lowest BCUT2D eigenvalue weighted by molar-refractivity contribution is -0.132. The molecule has 4 aliphatic rings. The van der Waals surface area contributed by atoms with Gasteiger partial charge < -0.3 is 26.2 Å². The van der Waals surface area contributed by atoms with Gasteiger partial charge in [-0.1, -0.05) is 6.42 Å². The first-order valence-corrected chi connectivity index (χ1v) is 11.4. The molecule has 0 unspecified atom stereocenters. The first-order chi connectivity index (χ1) is 15.3. The van der Waals surface area contributed by atoms with E-state index in [1.807, 2.05) is 0 Å². The molecule has 0 saturated heterocycles. The average molecular weight is 438 g/mol. The minimum Gasteiger partial charge on any atom is -0.370 e. The summed E-state index contributed by atoms with van der Waals surface area (Å²) >= 11 is 0. The van der Waals surface area contributed by atoms with E-state index in [0.717, 1.165) is 25.8 Å². The number of aromatic nitrogens is 2. The molecule has 4 heterocycles. The second kappa shape index (κ2) is 6.55. The van der Waals surface area contributed by atoms with Gasteiger partial charge in [0.15, 0.2) is 0 Å². The molecule has 2 aromatic rings. The number of amides is 1. The van der Waals surface area contributed by atoms with Crippen molar-refractivity contribution in [2.45, 2.75) is 63.3 Å². The van der Waals surface area contributed by atoms with Gasteiger partial charge >= 0.3 is 0 Å². The van der Waals surface area contributed by atoms with Crippen molar-refractivity contribution < 1.29 is 15.0 Å². The Morgan fingerprint density at radius 2 is 1.97 bits per heavy atom. The summed E-state index contributed by atoms with van der Waals surface area (Å²) in [5, 5.41) is 31.9. The summed E-state index contributed by atoms with van der Waals surface area (Å²) in [6, 6.07) is 1.70. The fourth-order valence-electron chi connectivity index (χ4n) is 5.61.